The maximum absolute atomic E-state index is 11.4. The molecule has 98 valence electrons. The molecule has 1 N–H and O–H groups in total. The highest BCUT2D eigenvalue weighted by Crippen LogP contribution is 2.02. The number of unbranched alkanes of at least 4 members (excludes halogenated alkanes) is 2. The minimum atomic E-state index is -2.81. The Hall–Kier alpha value is -0.0900. The second-order valence-electron chi connectivity index (χ2n) is 4.50. The molecule has 0 radical (unpaired) electrons. The molecule has 0 aliphatic heterocycles. The van der Waals surface area contributed by atoms with Crippen LogP contribution in [0.15, 0.2) is 0 Å². The van der Waals surface area contributed by atoms with Crippen LogP contribution in [-0.2, 0) is 9.84 Å². The van der Waals surface area contributed by atoms with Crippen molar-refractivity contribution < 1.29 is 8.42 Å². The highest BCUT2D eigenvalue weighted by molar-refractivity contribution is 7.91. The minimum absolute atomic E-state index is 0.277. The lowest BCUT2D eigenvalue weighted by Crippen LogP contribution is -2.31. The molecule has 0 rings (SSSR count). The highest BCUT2D eigenvalue weighted by atomic mass is 32.2. The lowest BCUT2D eigenvalue weighted by molar-refractivity contribution is 0.498. The van der Waals surface area contributed by atoms with Gasteiger partial charge in [-0.05, 0) is 19.8 Å². The first kappa shape index (κ1) is 15.9. The van der Waals surface area contributed by atoms with Gasteiger partial charge < -0.3 is 5.32 Å². The number of hydrogen-bond donors (Lipinski definition) is 1. The van der Waals surface area contributed by atoms with Crippen LogP contribution in [0.1, 0.15) is 52.9 Å². The van der Waals surface area contributed by atoms with Crippen molar-refractivity contribution in [2.45, 2.75) is 58.9 Å². The van der Waals surface area contributed by atoms with E-state index in [4.69, 9.17) is 0 Å². The van der Waals surface area contributed by atoms with Crippen molar-refractivity contribution >= 4 is 9.84 Å². The molecule has 0 aliphatic carbocycles. The Morgan fingerprint density at radius 1 is 1.06 bits per heavy atom. The van der Waals surface area contributed by atoms with E-state index in [9.17, 15) is 8.42 Å². The lowest BCUT2D eigenvalue weighted by Gasteiger charge is -2.13. The van der Waals surface area contributed by atoms with Crippen molar-refractivity contribution in [2.75, 3.05) is 18.1 Å². The van der Waals surface area contributed by atoms with Gasteiger partial charge in [-0.1, -0.05) is 33.1 Å². The predicted octanol–water partition coefficient (Wildman–Crippen LogP) is 2.37. The SMILES string of the molecule is CCCCCC(C)NCCS(=O)(=O)CCC. The first-order chi connectivity index (χ1) is 7.52. The van der Waals surface area contributed by atoms with E-state index < -0.39 is 9.84 Å². The Morgan fingerprint density at radius 3 is 2.31 bits per heavy atom. The molecular weight excluding hydrogens is 222 g/mol. The molecule has 3 nitrogen and oxygen atoms in total. The van der Waals surface area contributed by atoms with Crippen LogP contribution >= 0.6 is 0 Å². The van der Waals surface area contributed by atoms with Crippen LogP contribution in [0, 0.1) is 0 Å². The zero-order valence-corrected chi connectivity index (χ0v) is 11.8. The van der Waals surface area contributed by atoms with Crippen molar-refractivity contribution in [2.24, 2.45) is 0 Å². The van der Waals surface area contributed by atoms with Gasteiger partial charge in [0.1, 0.15) is 0 Å². The summed E-state index contributed by atoms with van der Waals surface area (Å²) in [6, 6.07) is 0.434. The zero-order chi connectivity index (χ0) is 12.4. The summed E-state index contributed by atoms with van der Waals surface area (Å²) in [5.41, 5.74) is 0. The molecule has 0 saturated carbocycles. The highest BCUT2D eigenvalue weighted by Gasteiger charge is 2.09. The summed E-state index contributed by atoms with van der Waals surface area (Å²) in [6.07, 6.45) is 5.58. The van der Waals surface area contributed by atoms with Crippen LogP contribution in [0.2, 0.25) is 0 Å². The van der Waals surface area contributed by atoms with Crippen molar-refractivity contribution in [1.82, 2.24) is 5.32 Å². The summed E-state index contributed by atoms with van der Waals surface area (Å²) in [4.78, 5) is 0. The van der Waals surface area contributed by atoms with Crippen molar-refractivity contribution in [3.63, 3.8) is 0 Å². The number of sulfone groups is 1. The molecule has 0 fully saturated rings. The second kappa shape index (κ2) is 8.99. The molecule has 0 spiro atoms. The first-order valence-electron chi connectivity index (χ1n) is 6.45. The third-order valence-electron chi connectivity index (χ3n) is 2.66. The Kier molecular flexibility index (Phi) is 8.94. The Bertz CT molecular complexity index is 250. The standard InChI is InChI=1S/C12H27NO2S/c1-4-6-7-8-12(3)13-9-11-16(14,15)10-5-2/h12-13H,4-11H2,1-3H3. The fourth-order valence-corrected chi connectivity index (χ4v) is 2.93. The molecule has 1 atom stereocenters. The minimum Gasteiger partial charge on any atom is -0.313 e. The molecule has 0 amide bonds. The van der Waals surface area contributed by atoms with Gasteiger partial charge in [-0.25, -0.2) is 8.42 Å². The molecule has 0 bridgehead atoms. The molecule has 16 heavy (non-hydrogen) atoms. The molecule has 0 aromatic rings. The lowest BCUT2D eigenvalue weighted by atomic mass is 10.1. The predicted molar refractivity (Wildman–Crippen MR) is 70.6 cm³/mol. The maximum atomic E-state index is 11.4. The molecule has 0 saturated heterocycles. The summed E-state index contributed by atoms with van der Waals surface area (Å²) in [5.74, 6) is 0.595. The number of hydrogen-bond acceptors (Lipinski definition) is 3. The van der Waals surface area contributed by atoms with Crippen molar-refractivity contribution in [1.29, 1.82) is 0 Å². The molecule has 0 aromatic heterocycles. The van der Waals surface area contributed by atoms with Crippen molar-refractivity contribution in [3.8, 4) is 0 Å². The average Bonchev–Trinajstić information content (AvgIpc) is 2.17. The van der Waals surface area contributed by atoms with Crippen LogP contribution in [-0.4, -0.2) is 32.5 Å². The molecule has 4 heteroatoms. The van der Waals surface area contributed by atoms with E-state index in [1.807, 2.05) is 6.92 Å². The van der Waals surface area contributed by atoms with E-state index >= 15 is 0 Å². The fourth-order valence-electron chi connectivity index (χ4n) is 1.68. The van der Waals surface area contributed by atoms with Crippen LogP contribution in [0.5, 0.6) is 0 Å². The number of nitrogens with one attached hydrogen (secondary N) is 1. The molecule has 0 heterocycles. The molecular formula is C12H27NO2S. The van der Waals surface area contributed by atoms with Gasteiger partial charge in [0.25, 0.3) is 0 Å². The topological polar surface area (TPSA) is 46.2 Å². The summed E-state index contributed by atoms with van der Waals surface area (Å²) >= 11 is 0. The summed E-state index contributed by atoms with van der Waals surface area (Å²) < 4.78 is 22.9. The normalized spacial score (nSPS) is 13.9. The van der Waals surface area contributed by atoms with Crippen LogP contribution < -0.4 is 5.32 Å². The van der Waals surface area contributed by atoms with E-state index in [1.165, 1.54) is 19.3 Å². The maximum Gasteiger partial charge on any atom is 0.151 e. The monoisotopic (exact) mass is 249 g/mol. The van der Waals surface area contributed by atoms with Gasteiger partial charge in [-0.3, -0.25) is 0 Å². The fraction of sp³-hybridized carbons (Fsp3) is 1.00. The third kappa shape index (κ3) is 9.16. The van der Waals surface area contributed by atoms with E-state index in [-0.39, 0.29) is 5.75 Å². The Balaban J connectivity index is 3.57. The summed E-state index contributed by atoms with van der Waals surface area (Å²) in [5, 5.41) is 3.28. The molecule has 0 aromatic carbocycles. The van der Waals surface area contributed by atoms with E-state index in [0.717, 1.165) is 6.42 Å². The molecule has 0 aliphatic rings. The Labute approximate surface area is 101 Å². The zero-order valence-electron chi connectivity index (χ0n) is 11.0. The van der Waals surface area contributed by atoms with Gasteiger partial charge in [0.2, 0.25) is 0 Å². The van der Waals surface area contributed by atoms with Crippen molar-refractivity contribution in [3.05, 3.63) is 0 Å². The van der Waals surface area contributed by atoms with Gasteiger partial charge in [-0.15, -0.1) is 0 Å². The molecule has 1 unspecified atom stereocenters. The van der Waals surface area contributed by atoms with Gasteiger partial charge in [0.05, 0.1) is 5.75 Å². The quantitative estimate of drug-likeness (QED) is 0.605. The summed E-state index contributed by atoms with van der Waals surface area (Å²) in [7, 11) is -2.81. The largest absolute Gasteiger partial charge is 0.313 e. The third-order valence-corrected chi connectivity index (χ3v) is 4.52. The van der Waals surface area contributed by atoms with Gasteiger partial charge in [-0.2, -0.15) is 0 Å². The summed E-state index contributed by atoms with van der Waals surface area (Å²) in [6.45, 7) is 6.81. The van der Waals surface area contributed by atoms with Crippen LogP contribution in [0.25, 0.3) is 0 Å². The van der Waals surface area contributed by atoms with Crippen LogP contribution in [0.3, 0.4) is 0 Å². The van der Waals surface area contributed by atoms with E-state index in [2.05, 4.69) is 19.2 Å². The van der Waals surface area contributed by atoms with Crippen LogP contribution in [0.4, 0.5) is 0 Å². The van der Waals surface area contributed by atoms with Gasteiger partial charge in [0.15, 0.2) is 9.84 Å². The van der Waals surface area contributed by atoms with E-state index in [1.54, 1.807) is 0 Å². The number of rotatable bonds is 10. The first-order valence-corrected chi connectivity index (χ1v) is 8.27. The smallest absolute Gasteiger partial charge is 0.151 e. The Morgan fingerprint density at radius 2 is 1.75 bits per heavy atom. The second-order valence-corrected chi connectivity index (χ2v) is 6.81. The van der Waals surface area contributed by atoms with Gasteiger partial charge in [0, 0.05) is 18.3 Å². The van der Waals surface area contributed by atoms with Gasteiger partial charge >= 0.3 is 0 Å². The van der Waals surface area contributed by atoms with E-state index in [0.29, 0.717) is 24.8 Å². The average molecular weight is 249 g/mol.